The highest BCUT2D eigenvalue weighted by atomic mass is 35.5. The number of carbonyl (C=O) groups excluding carboxylic acids is 1. The first-order chi connectivity index (χ1) is 11.1. The molecule has 0 radical (unpaired) electrons. The quantitative estimate of drug-likeness (QED) is 0.930. The lowest BCUT2D eigenvalue weighted by Gasteiger charge is -2.28. The summed E-state index contributed by atoms with van der Waals surface area (Å²) in [6.07, 6.45) is 1.00. The molecule has 2 aromatic carbocycles. The fraction of sp³-hybridized carbons (Fsp3) is 0.316. The van der Waals surface area contributed by atoms with Crippen molar-refractivity contribution in [2.24, 2.45) is 0 Å². The van der Waals surface area contributed by atoms with Crippen LogP contribution in [0.15, 0.2) is 48.5 Å². The number of halogens is 1. The Labute approximate surface area is 142 Å². The molecule has 1 amide bonds. The van der Waals surface area contributed by atoms with E-state index < -0.39 is 0 Å². The van der Waals surface area contributed by atoms with Gasteiger partial charge in [-0.25, -0.2) is 0 Å². The minimum atomic E-state index is -0.0896. The maximum absolute atomic E-state index is 12.3. The highest BCUT2D eigenvalue weighted by molar-refractivity contribution is 6.31. The van der Waals surface area contributed by atoms with Crippen LogP contribution in [0.4, 0.5) is 0 Å². The molecule has 23 heavy (non-hydrogen) atoms. The van der Waals surface area contributed by atoms with E-state index in [4.69, 9.17) is 11.6 Å². The molecule has 1 aliphatic rings. The minimum Gasteiger partial charge on any atom is -0.348 e. The van der Waals surface area contributed by atoms with Crippen LogP contribution in [0.1, 0.15) is 29.7 Å². The Morgan fingerprint density at radius 3 is 2.65 bits per heavy atom. The summed E-state index contributed by atoms with van der Waals surface area (Å²) in [5, 5.41) is 3.73. The van der Waals surface area contributed by atoms with E-state index in [0.717, 1.165) is 25.1 Å². The minimum absolute atomic E-state index is 0.0387. The molecule has 1 heterocycles. The number of hydrogen-bond donors (Lipinski definition) is 1. The van der Waals surface area contributed by atoms with Crippen molar-refractivity contribution in [3.63, 3.8) is 0 Å². The molecule has 1 unspecified atom stereocenters. The van der Waals surface area contributed by atoms with Crippen molar-refractivity contribution in [2.75, 3.05) is 13.1 Å². The zero-order chi connectivity index (χ0) is 16.2. The van der Waals surface area contributed by atoms with Gasteiger partial charge in [0.2, 0.25) is 5.91 Å². The second kappa shape index (κ2) is 7.16. The maximum Gasteiger partial charge on any atom is 0.234 e. The van der Waals surface area contributed by atoms with Crippen LogP contribution in [0.5, 0.6) is 0 Å². The Morgan fingerprint density at radius 2 is 1.87 bits per heavy atom. The average molecular weight is 329 g/mol. The van der Waals surface area contributed by atoms with Gasteiger partial charge < -0.3 is 5.32 Å². The first-order valence-corrected chi connectivity index (χ1v) is 8.34. The standard InChI is InChI=1S/C19H21ClN2O/c1-14(17-8-4-5-9-18(17)20)21-19(23)13-22-11-10-15-6-2-3-7-16(15)12-22/h2-9,14H,10-13H2,1H3,(H,21,23). The van der Waals surface area contributed by atoms with Gasteiger partial charge in [0, 0.05) is 18.1 Å². The van der Waals surface area contributed by atoms with E-state index in [9.17, 15) is 4.79 Å². The molecular weight excluding hydrogens is 308 g/mol. The van der Waals surface area contributed by atoms with Crippen molar-refractivity contribution in [3.8, 4) is 0 Å². The number of benzene rings is 2. The number of nitrogens with one attached hydrogen (secondary N) is 1. The summed E-state index contributed by atoms with van der Waals surface area (Å²) in [5.41, 5.74) is 3.67. The van der Waals surface area contributed by atoms with Gasteiger partial charge in [0.05, 0.1) is 12.6 Å². The summed E-state index contributed by atoms with van der Waals surface area (Å²) < 4.78 is 0. The molecular formula is C19H21ClN2O. The Bertz CT molecular complexity index is 701. The Hall–Kier alpha value is -1.84. The van der Waals surface area contributed by atoms with Crippen LogP contribution in [0, 0.1) is 0 Å². The van der Waals surface area contributed by atoms with Crippen LogP contribution in [0.2, 0.25) is 5.02 Å². The van der Waals surface area contributed by atoms with Crippen molar-refractivity contribution >= 4 is 17.5 Å². The highest BCUT2D eigenvalue weighted by Gasteiger charge is 2.19. The second-order valence-electron chi connectivity index (χ2n) is 6.04. The molecule has 0 spiro atoms. The van der Waals surface area contributed by atoms with E-state index in [1.165, 1.54) is 11.1 Å². The molecule has 3 rings (SSSR count). The van der Waals surface area contributed by atoms with Gasteiger partial charge in [0.1, 0.15) is 0 Å². The second-order valence-corrected chi connectivity index (χ2v) is 6.45. The number of nitrogens with zero attached hydrogens (tertiary/aromatic N) is 1. The monoisotopic (exact) mass is 328 g/mol. The van der Waals surface area contributed by atoms with Gasteiger partial charge in [-0.3, -0.25) is 9.69 Å². The van der Waals surface area contributed by atoms with Gasteiger partial charge in [-0.05, 0) is 36.1 Å². The smallest absolute Gasteiger partial charge is 0.234 e. The zero-order valence-corrected chi connectivity index (χ0v) is 14.0. The average Bonchev–Trinajstić information content (AvgIpc) is 2.55. The number of hydrogen-bond acceptors (Lipinski definition) is 2. The van der Waals surface area contributed by atoms with E-state index in [1.807, 2.05) is 31.2 Å². The molecule has 0 aromatic heterocycles. The van der Waals surface area contributed by atoms with Gasteiger partial charge >= 0.3 is 0 Å². The van der Waals surface area contributed by atoms with Crippen molar-refractivity contribution in [1.82, 2.24) is 10.2 Å². The molecule has 4 heteroatoms. The fourth-order valence-corrected chi connectivity index (χ4v) is 3.38. The van der Waals surface area contributed by atoms with E-state index >= 15 is 0 Å². The first-order valence-electron chi connectivity index (χ1n) is 7.96. The lowest BCUT2D eigenvalue weighted by molar-refractivity contribution is -0.123. The van der Waals surface area contributed by atoms with Gasteiger partial charge in [-0.2, -0.15) is 0 Å². The van der Waals surface area contributed by atoms with Crippen LogP contribution in [0.3, 0.4) is 0 Å². The van der Waals surface area contributed by atoms with E-state index in [1.54, 1.807) is 0 Å². The summed E-state index contributed by atoms with van der Waals surface area (Å²) in [4.78, 5) is 14.5. The summed E-state index contributed by atoms with van der Waals surface area (Å²) in [7, 11) is 0. The molecule has 3 nitrogen and oxygen atoms in total. The van der Waals surface area contributed by atoms with Crippen LogP contribution in [0.25, 0.3) is 0 Å². The lowest BCUT2D eigenvalue weighted by Crippen LogP contribution is -2.40. The van der Waals surface area contributed by atoms with E-state index in [-0.39, 0.29) is 11.9 Å². The number of fused-ring (bicyclic) bond motifs is 1. The highest BCUT2D eigenvalue weighted by Crippen LogP contribution is 2.22. The van der Waals surface area contributed by atoms with Crippen LogP contribution >= 0.6 is 11.6 Å². The van der Waals surface area contributed by atoms with Gasteiger partial charge in [-0.15, -0.1) is 0 Å². The van der Waals surface area contributed by atoms with Crippen LogP contribution < -0.4 is 5.32 Å². The third-order valence-electron chi connectivity index (χ3n) is 4.33. The Kier molecular flexibility index (Phi) is 4.99. The molecule has 1 aliphatic heterocycles. The Balaban J connectivity index is 1.57. The number of carbonyl (C=O) groups is 1. The first kappa shape index (κ1) is 16.0. The van der Waals surface area contributed by atoms with E-state index in [0.29, 0.717) is 11.6 Å². The molecule has 2 aromatic rings. The van der Waals surface area contributed by atoms with Gasteiger partial charge in [0.15, 0.2) is 0 Å². The molecule has 0 aliphatic carbocycles. The SMILES string of the molecule is CC(NC(=O)CN1CCc2ccccc2C1)c1ccccc1Cl. The van der Waals surface area contributed by atoms with E-state index in [2.05, 4.69) is 34.5 Å². The third-order valence-corrected chi connectivity index (χ3v) is 4.67. The summed E-state index contributed by atoms with van der Waals surface area (Å²) in [6, 6.07) is 16.0. The fourth-order valence-electron chi connectivity index (χ4n) is 3.08. The van der Waals surface area contributed by atoms with Crippen molar-refractivity contribution < 1.29 is 4.79 Å². The molecule has 0 saturated carbocycles. The van der Waals surface area contributed by atoms with Crippen molar-refractivity contribution in [2.45, 2.75) is 25.9 Å². The van der Waals surface area contributed by atoms with Gasteiger partial charge in [-0.1, -0.05) is 54.1 Å². The molecule has 0 fully saturated rings. The summed E-state index contributed by atoms with van der Waals surface area (Å²) in [5.74, 6) is 0.0387. The predicted molar refractivity (Wildman–Crippen MR) is 93.4 cm³/mol. The Morgan fingerprint density at radius 1 is 1.17 bits per heavy atom. The number of rotatable bonds is 4. The maximum atomic E-state index is 12.3. The van der Waals surface area contributed by atoms with Gasteiger partial charge in [0.25, 0.3) is 0 Å². The normalized spacial score (nSPS) is 15.7. The molecule has 120 valence electrons. The zero-order valence-electron chi connectivity index (χ0n) is 13.3. The molecule has 1 N–H and O–H groups in total. The molecule has 1 atom stereocenters. The third kappa shape index (κ3) is 3.92. The van der Waals surface area contributed by atoms with Crippen LogP contribution in [-0.2, 0) is 17.8 Å². The summed E-state index contributed by atoms with van der Waals surface area (Å²) >= 11 is 6.19. The van der Waals surface area contributed by atoms with Crippen LogP contribution in [-0.4, -0.2) is 23.9 Å². The predicted octanol–water partition coefficient (Wildman–Crippen LogP) is 3.58. The van der Waals surface area contributed by atoms with Crippen molar-refractivity contribution in [3.05, 3.63) is 70.2 Å². The largest absolute Gasteiger partial charge is 0.348 e. The topological polar surface area (TPSA) is 32.3 Å². The van der Waals surface area contributed by atoms with Crippen molar-refractivity contribution in [1.29, 1.82) is 0 Å². The lowest BCUT2D eigenvalue weighted by atomic mass is 10.00. The number of amides is 1. The molecule has 0 saturated heterocycles. The summed E-state index contributed by atoms with van der Waals surface area (Å²) in [6.45, 7) is 4.14. The molecule has 0 bridgehead atoms.